The van der Waals surface area contributed by atoms with Crippen LogP contribution in [0.15, 0.2) is 60.2 Å². The van der Waals surface area contributed by atoms with E-state index in [1.165, 1.54) is 17.5 Å². The maximum Gasteiger partial charge on any atom is 0.342 e. The Labute approximate surface area is 195 Å². The van der Waals surface area contributed by atoms with Crippen molar-refractivity contribution in [1.29, 1.82) is 0 Å². The Morgan fingerprint density at radius 2 is 1.97 bits per heavy atom. The first-order chi connectivity index (χ1) is 16.0. The number of nitrogens with zero attached hydrogens (tertiary/aromatic N) is 4. The van der Waals surface area contributed by atoms with E-state index >= 15 is 0 Å². The lowest BCUT2D eigenvalue weighted by atomic mass is 10.2. The van der Waals surface area contributed by atoms with Crippen LogP contribution in [0.4, 0.5) is 5.69 Å². The predicted molar refractivity (Wildman–Crippen MR) is 125 cm³/mol. The van der Waals surface area contributed by atoms with Crippen molar-refractivity contribution in [2.45, 2.75) is 33.3 Å². The summed E-state index contributed by atoms with van der Waals surface area (Å²) in [4.78, 5) is 33.6. The summed E-state index contributed by atoms with van der Waals surface area (Å²) in [7, 11) is 0. The van der Waals surface area contributed by atoms with Crippen molar-refractivity contribution in [2.75, 3.05) is 5.32 Å². The van der Waals surface area contributed by atoms with Gasteiger partial charge >= 0.3 is 5.97 Å². The summed E-state index contributed by atoms with van der Waals surface area (Å²) in [5, 5.41) is 9.61. The van der Waals surface area contributed by atoms with Crippen LogP contribution in [-0.4, -0.2) is 31.6 Å². The van der Waals surface area contributed by atoms with Gasteiger partial charge in [0.15, 0.2) is 5.82 Å². The van der Waals surface area contributed by atoms with Gasteiger partial charge in [-0.05, 0) is 37.6 Å². The van der Waals surface area contributed by atoms with Crippen LogP contribution in [0.2, 0.25) is 0 Å². The highest BCUT2D eigenvalue weighted by Crippen LogP contribution is 2.17. The fraction of sp³-hybridized carbons (Fsp3) is 0.208. The van der Waals surface area contributed by atoms with Gasteiger partial charge in [0.05, 0.1) is 24.0 Å². The SMILES string of the molecule is CCc1c(C(=O)OCc2csc(CC(=O)Nc3ccc(C)cc3)n2)cnn1-c1ccccn1. The molecule has 4 aromatic rings. The Kier molecular flexibility index (Phi) is 6.89. The van der Waals surface area contributed by atoms with Gasteiger partial charge in [0.2, 0.25) is 5.91 Å². The molecule has 0 aliphatic carbocycles. The molecule has 0 radical (unpaired) electrons. The van der Waals surface area contributed by atoms with Gasteiger partial charge in [0.1, 0.15) is 17.2 Å². The van der Waals surface area contributed by atoms with Gasteiger partial charge in [-0.15, -0.1) is 11.3 Å². The van der Waals surface area contributed by atoms with Crippen LogP contribution in [0.3, 0.4) is 0 Å². The molecule has 168 valence electrons. The smallest absolute Gasteiger partial charge is 0.342 e. The summed E-state index contributed by atoms with van der Waals surface area (Å²) in [6.07, 6.45) is 3.92. The van der Waals surface area contributed by atoms with E-state index in [-0.39, 0.29) is 18.9 Å². The van der Waals surface area contributed by atoms with Crippen LogP contribution < -0.4 is 5.32 Å². The second kappa shape index (κ2) is 10.2. The number of carbonyl (C=O) groups excluding carboxylic acids is 2. The number of carbonyl (C=O) groups is 2. The fourth-order valence-corrected chi connectivity index (χ4v) is 4.03. The van der Waals surface area contributed by atoms with Gasteiger partial charge in [-0.1, -0.05) is 30.7 Å². The fourth-order valence-electron chi connectivity index (χ4n) is 3.25. The number of pyridine rings is 1. The van der Waals surface area contributed by atoms with Crippen molar-refractivity contribution in [2.24, 2.45) is 0 Å². The molecule has 0 saturated heterocycles. The number of esters is 1. The number of aromatic nitrogens is 4. The molecule has 8 nitrogen and oxygen atoms in total. The zero-order valence-corrected chi connectivity index (χ0v) is 19.1. The van der Waals surface area contributed by atoms with Crippen LogP contribution in [0.5, 0.6) is 0 Å². The van der Waals surface area contributed by atoms with Gasteiger partial charge < -0.3 is 10.1 Å². The van der Waals surface area contributed by atoms with E-state index in [1.807, 2.05) is 56.3 Å². The molecule has 9 heteroatoms. The highest BCUT2D eigenvalue weighted by molar-refractivity contribution is 7.09. The van der Waals surface area contributed by atoms with Crippen LogP contribution in [0, 0.1) is 6.92 Å². The molecular weight excluding hydrogens is 438 g/mol. The number of hydrogen-bond donors (Lipinski definition) is 1. The summed E-state index contributed by atoms with van der Waals surface area (Å²) < 4.78 is 7.10. The number of amides is 1. The van der Waals surface area contributed by atoms with Gasteiger partial charge in [-0.3, -0.25) is 4.79 Å². The Balaban J connectivity index is 1.34. The maximum absolute atomic E-state index is 12.7. The van der Waals surface area contributed by atoms with E-state index in [9.17, 15) is 9.59 Å². The highest BCUT2D eigenvalue weighted by Gasteiger charge is 2.19. The van der Waals surface area contributed by atoms with Crippen molar-refractivity contribution in [1.82, 2.24) is 19.7 Å². The average Bonchev–Trinajstić information content (AvgIpc) is 3.46. The summed E-state index contributed by atoms with van der Waals surface area (Å²) in [6, 6.07) is 13.1. The Morgan fingerprint density at radius 1 is 1.15 bits per heavy atom. The quantitative estimate of drug-likeness (QED) is 0.396. The molecule has 0 saturated carbocycles. The van der Waals surface area contributed by atoms with Crippen LogP contribution in [-0.2, 0) is 29.0 Å². The lowest BCUT2D eigenvalue weighted by molar-refractivity contribution is -0.115. The number of benzene rings is 1. The largest absolute Gasteiger partial charge is 0.455 e. The number of rotatable bonds is 8. The molecule has 0 aliphatic heterocycles. The van der Waals surface area contributed by atoms with Gasteiger partial charge in [-0.2, -0.15) is 5.10 Å². The molecule has 1 amide bonds. The average molecular weight is 462 g/mol. The first-order valence-electron chi connectivity index (χ1n) is 10.5. The summed E-state index contributed by atoms with van der Waals surface area (Å²) in [6.45, 7) is 3.96. The second-order valence-corrected chi connectivity index (χ2v) is 8.30. The Bertz CT molecular complexity index is 1250. The molecular formula is C24H23N5O3S. The monoisotopic (exact) mass is 461 g/mol. The van der Waals surface area contributed by atoms with Gasteiger partial charge in [0, 0.05) is 17.3 Å². The first kappa shape index (κ1) is 22.3. The molecule has 0 bridgehead atoms. The van der Waals surface area contributed by atoms with Crippen molar-refractivity contribution in [3.05, 3.63) is 87.8 Å². The van der Waals surface area contributed by atoms with Crippen LogP contribution in [0.1, 0.15) is 39.2 Å². The zero-order valence-electron chi connectivity index (χ0n) is 18.3. The predicted octanol–water partition coefficient (Wildman–Crippen LogP) is 4.13. The third-order valence-corrected chi connectivity index (χ3v) is 5.79. The van der Waals surface area contributed by atoms with E-state index in [2.05, 4.69) is 20.4 Å². The van der Waals surface area contributed by atoms with Gasteiger partial charge in [0.25, 0.3) is 0 Å². The van der Waals surface area contributed by atoms with Crippen molar-refractivity contribution in [3.8, 4) is 5.82 Å². The molecule has 0 unspecified atom stereocenters. The third kappa shape index (κ3) is 5.50. The molecule has 0 fully saturated rings. The summed E-state index contributed by atoms with van der Waals surface area (Å²) in [5.74, 6) is 0.0217. The first-order valence-corrected chi connectivity index (χ1v) is 11.4. The minimum absolute atomic E-state index is 0.0207. The molecule has 3 aromatic heterocycles. The number of hydrogen-bond acceptors (Lipinski definition) is 7. The third-order valence-electron chi connectivity index (χ3n) is 4.89. The van der Waals surface area contributed by atoms with Gasteiger partial charge in [-0.25, -0.2) is 19.4 Å². The van der Waals surface area contributed by atoms with E-state index in [0.29, 0.717) is 28.5 Å². The molecule has 4 rings (SSSR count). The normalized spacial score (nSPS) is 10.7. The summed E-state index contributed by atoms with van der Waals surface area (Å²) in [5.41, 5.74) is 3.60. The maximum atomic E-state index is 12.7. The second-order valence-electron chi connectivity index (χ2n) is 7.36. The van der Waals surface area contributed by atoms with E-state index in [1.54, 1.807) is 16.3 Å². The van der Waals surface area contributed by atoms with Crippen molar-refractivity contribution >= 4 is 28.9 Å². The number of ether oxygens (including phenoxy) is 1. The van der Waals surface area contributed by atoms with E-state index < -0.39 is 5.97 Å². The van der Waals surface area contributed by atoms with Crippen LogP contribution in [0.25, 0.3) is 5.82 Å². The molecule has 3 heterocycles. The lowest BCUT2D eigenvalue weighted by Crippen LogP contribution is -2.14. The van der Waals surface area contributed by atoms with Crippen LogP contribution >= 0.6 is 11.3 Å². The molecule has 0 atom stereocenters. The highest BCUT2D eigenvalue weighted by atomic mass is 32.1. The number of nitrogens with one attached hydrogen (secondary N) is 1. The molecule has 0 spiro atoms. The zero-order chi connectivity index (χ0) is 23.2. The number of aryl methyl sites for hydroxylation is 1. The summed E-state index contributed by atoms with van der Waals surface area (Å²) >= 11 is 1.36. The van der Waals surface area contributed by atoms with Crippen molar-refractivity contribution < 1.29 is 14.3 Å². The lowest BCUT2D eigenvalue weighted by Gasteiger charge is -2.07. The Morgan fingerprint density at radius 3 is 2.70 bits per heavy atom. The molecule has 1 aromatic carbocycles. The minimum Gasteiger partial charge on any atom is -0.455 e. The topological polar surface area (TPSA) is 99.0 Å². The number of thiazole rings is 1. The van der Waals surface area contributed by atoms with E-state index in [0.717, 1.165) is 16.9 Å². The molecule has 0 aliphatic rings. The number of anilines is 1. The van der Waals surface area contributed by atoms with E-state index in [4.69, 9.17) is 4.74 Å². The Hall–Kier alpha value is -3.85. The standard InChI is InChI=1S/C24H23N5O3S/c1-3-20-19(13-26-29(20)21-6-4-5-11-25-21)24(31)32-14-18-15-33-23(28-18)12-22(30)27-17-9-7-16(2)8-10-17/h4-11,13,15H,3,12,14H2,1-2H3,(H,27,30). The minimum atomic E-state index is -0.472. The molecule has 1 N–H and O–H groups in total. The molecule has 33 heavy (non-hydrogen) atoms. The van der Waals surface area contributed by atoms with Crippen molar-refractivity contribution in [3.63, 3.8) is 0 Å².